The fourth-order valence-electron chi connectivity index (χ4n) is 2.83. The Morgan fingerprint density at radius 2 is 2.08 bits per heavy atom. The molecule has 26 heavy (non-hydrogen) atoms. The van der Waals surface area contributed by atoms with E-state index < -0.39 is 0 Å². The van der Waals surface area contributed by atoms with Gasteiger partial charge in [0, 0.05) is 49.9 Å². The number of benzene rings is 1. The molecule has 7 nitrogen and oxygen atoms in total. The zero-order valence-corrected chi connectivity index (χ0v) is 14.9. The van der Waals surface area contributed by atoms with Gasteiger partial charge >= 0.3 is 6.03 Å². The number of nitrogens with zero attached hydrogens (tertiary/aromatic N) is 2. The number of methoxy groups -OCH3 is 1. The number of anilines is 2. The molecule has 0 atom stereocenters. The maximum absolute atomic E-state index is 12.5. The van der Waals surface area contributed by atoms with Crippen LogP contribution in [0.15, 0.2) is 42.7 Å². The summed E-state index contributed by atoms with van der Waals surface area (Å²) < 4.78 is 4.80. The van der Waals surface area contributed by atoms with Gasteiger partial charge in [0.05, 0.1) is 0 Å². The van der Waals surface area contributed by atoms with Crippen molar-refractivity contribution in [1.82, 2.24) is 9.88 Å². The number of carbonyl (C=O) groups is 2. The van der Waals surface area contributed by atoms with Gasteiger partial charge in [-0.2, -0.15) is 0 Å². The van der Waals surface area contributed by atoms with Crippen molar-refractivity contribution in [3.8, 4) is 0 Å². The van der Waals surface area contributed by atoms with Gasteiger partial charge < -0.3 is 20.3 Å². The number of carbonyl (C=O) groups excluding carboxylic acids is 2. The Kier molecular flexibility index (Phi) is 5.48. The van der Waals surface area contributed by atoms with Crippen LogP contribution in [0.1, 0.15) is 17.0 Å². The summed E-state index contributed by atoms with van der Waals surface area (Å²) in [6.45, 7) is 3.23. The highest BCUT2D eigenvalue weighted by atomic mass is 16.5. The summed E-state index contributed by atoms with van der Waals surface area (Å²) in [7, 11) is 1.46. The zero-order valence-electron chi connectivity index (χ0n) is 14.9. The largest absolute Gasteiger partial charge is 0.375 e. The first-order valence-corrected chi connectivity index (χ1v) is 8.42. The van der Waals surface area contributed by atoms with E-state index in [1.165, 1.54) is 7.11 Å². The van der Waals surface area contributed by atoms with E-state index in [0.717, 1.165) is 11.1 Å². The molecule has 0 bridgehead atoms. The Balaban J connectivity index is 1.58. The van der Waals surface area contributed by atoms with Crippen LogP contribution in [-0.4, -0.2) is 48.6 Å². The van der Waals surface area contributed by atoms with Gasteiger partial charge in [0.15, 0.2) is 0 Å². The van der Waals surface area contributed by atoms with Gasteiger partial charge in [0.1, 0.15) is 6.61 Å². The number of hydrogen-bond donors (Lipinski definition) is 2. The van der Waals surface area contributed by atoms with E-state index in [0.29, 0.717) is 30.4 Å². The predicted octanol–water partition coefficient (Wildman–Crippen LogP) is 2.61. The molecule has 1 aliphatic rings. The standard InChI is InChI=1S/C19H22N4O3/c1-13-5-6-16(21-18(24)12-26-2)8-17(13)22-19(25)23-10-15(11-23)14-4-3-7-20-9-14/h3-9,15H,10-12H2,1-2H3,(H,21,24)(H,22,25). The number of nitrogens with one attached hydrogen (secondary N) is 2. The third kappa shape index (κ3) is 4.18. The monoisotopic (exact) mass is 354 g/mol. The average Bonchev–Trinajstić information content (AvgIpc) is 2.58. The quantitative estimate of drug-likeness (QED) is 0.864. The van der Waals surface area contributed by atoms with E-state index in [1.54, 1.807) is 23.2 Å². The molecule has 2 heterocycles. The Labute approximate surface area is 152 Å². The second kappa shape index (κ2) is 7.97. The number of amides is 3. The third-order valence-corrected chi connectivity index (χ3v) is 4.36. The maximum atomic E-state index is 12.5. The lowest BCUT2D eigenvalue weighted by molar-refractivity contribution is -0.119. The Hall–Kier alpha value is -2.93. The highest BCUT2D eigenvalue weighted by Crippen LogP contribution is 2.28. The molecule has 2 aromatic rings. The molecule has 2 N–H and O–H groups in total. The van der Waals surface area contributed by atoms with Crippen molar-refractivity contribution >= 4 is 23.3 Å². The number of hydrogen-bond acceptors (Lipinski definition) is 4. The van der Waals surface area contributed by atoms with E-state index in [4.69, 9.17) is 4.74 Å². The van der Waals surface area contributed by atoms with Crippen LogP contribution in [0.2, 0.25) is 0 Å². The van der Waals surface area contributed by atoms with Crippen LogP contribution in [0.5, 0.6) is 0 Å². The molecule has 136 valence electrons. The van der Waals surface area contributed by atoms with Crippen molar-refractivity contribution in [1.29, 1.82) is 0 Å². The van der Waals surface area contributed by atoms with Gasteiger partial charge in [0.2, 0.25) is 5.91 Å². The first-order valence-electron chi connectivity index (χ1n) is 8.42. The average molecular weight is 354 g/mol. The van der Waals surface area contributed by atoms with Crippen LogP contribution in [-0.2, 0) is 9.53 Å². The van der Waals surface area contributed by atoms with Crippen molar-refractivity contribution in [2.24, 2.45) is 0 Å². The van der Waals surface area contributed by atoms with E-state index in [1.807, 2.05) is 31.3 Å². The van der Waals surface area contributed by atoms with Crippen LogP contribution < -0.4 is 10.6 Å². The first-order chi connectivity index (χ1) is 12.6. The normalized spacial score (nSPS) is 13.8. The summed E-state index contributed by atoms with van der Waals surface area (Å²) in [4.78, 5) is 30.0. The Morgan fingerprint density at radius 1 is 1.27 bits per heavy atom. The number of urea groups is 1. The highest BCUT2D eigenvalue weighted by Gasteiger charge is 2.32. The van der Waals surface area contributed by atoms with Crippen molar-refractivity contribution in [3.05, 3.63) is 53.9 Å². The van der Waals surface area contributed by atoms with Crippen LogP contribution in [0.4, 0.5) is 16.2 Å². The van der Waals surface area contributed by atoms with Gasteiger partial charge in [-0.15, -0.1) is 0 Å². The molecule has 0 unspecified atom stereocenters. The van der Waals surface area contributed by atoms with Gasteiger partial charge in [0.25, 0.3) is 0 Å². The summed E-state index contributed by atoms with van der Waals surface area (Å²) in [6.07, 6.45) is 3.59. The highest BCUT2D eigenvalue weighted by molar-refractivity contribution is 5.94. The summed E-state index contributed by atoms with van der Waals surface area (Å²) >= 11 is 0. The molecular formula is C19H22N4O3. The molecule has 3 amide bonds. The van der Waals surface area contributed by atoms with Gasteiger partial charge in [-0.25, -0.2) is 4.79 Å². The van der Waals surface area contributed by atoms with Crippen molar-refractivity contribution in [3.63, 3.8) is 0 Å². The lowest BCUT2D eigenvalue weighted by atomic mass is 9.93. The number of ether oxygens (including phenoxy) is 1. The number of likely N-dealkylation sites (tertiary alicyclic amines) is 1. The zero-order chi connectivity index (χ0) is 18.5. The number of rotatable bonds is 5. The van der Waals surface area contributed by atoms with Gasteiger partial charge in [-0.05, 0) is 36.2 Å². The fraction of sp³-hybridized carbons (Fsp3) is 0.316. The smallest absolute Gasteiger partial charge is 0.321 e. The second-order valence-corrected chi connectivity index (χ2v) is 6.33. The topological polar surface area (TPSA) is 83.6 Å². The minimum absolute atomic E-state index is 0.0148. The predicted molar refractivity (Wildman–Crippen MR) is 99.3 cm³/mol. The molecule has 3 rings (SSSR count). The van der Waals surface area contributed by atoms with Gasteiger partial charge in [-0.3, -0.25) is 9.78 Å². The summed E-state index contributed by atoms with van der Waals surface area (Å²) in [5.74, 6) is 0.0888. The molecular weight excluding hydrogens is 332 g/mol. The van der Waals surface area contributed by atoms with Crippen molar-refractivity contribution < 1.29 is 14.3 Å². The molecule has 1 aliphatic heterocycles. The van der Waals surface area contributed by atoms with E-state index >= 15 is 0 Å². The Bertz CT molecular complexity index is 789. The SMILES string of the molecule is COCC(=O)Nc1ccc(C)c(NC(=O)N2CC(c3cccnc3)C2)c1. The third-order valence-electron chi connectivity index (χ3n) is 4.36. The molecule has 1 aromatic carbocycles. The van der Waals surface area contributed by atoms with Gasteiger partial charge in [-0.1, -0.05) is 12.1 Å². The summed E-state index contributed by atoms with van der Waals surface area (Å²) in [5, 5.41) is 5.65. The molecule has 1 aromatic heterocycles. The van der Waals surface area contributed by atoms with Crippen molar-refractivity contribution in [2.45, 2.75) is 12.8 Å². The van der Waals surface area contributed by atoms with E-state index in [2.05, 4.69) is 15.6 Å². The van der Waals surface area contributed by atoms with Crippen LogP contribution in [0.3, 0.4) is 0 Å². The van der Waals surface area contributed by atoms with Crippen molar-refractivity contribution in [2.75, 3.05) is 37.4 Å². The molecule has 0 aliphatic carbocycles. The molecule has 1 fully saturated rings. The lowest BCUT2D eigenvalue weighted by Gasteiger charge is -2.39. The summed E-state index contributed by atoms with van der Waals surface area (Å²) in [6, 6.07) is 9.19. The fourth-order valence-corrected chi connectivity index (χ4v) is 2.83. The molecule has 0 spiro atoms. The minimum Gasteiger partial charge on any atom is -0.375 e. The van der Waals surface area contributed by atoms with Crippen LogP contribution in [0.25, 0.3) is 0 Å². The second-order valence-electron chi connectivity index (χ2n) is 6.33. The van der Waals surface area contributed by atoms with Crippen LogP contribution >= 0.6 is 0 Å². The number of aryl methyl sites for hydroxylation is 1. The molecule has 0 radical (unpaired) electrons. The molecule has 0 saturated carbocycles. The summed E-state index contributed by atoms with van der Waals surface area (Å²) in [5.41, 5.74) is 3.36. The minimum atomic E-state index is -0.240. The molecule has 7 heteroatoms. The Morgan fingerprint density at radius 3 is 2.77 bits per heavy atom. The van der Waals surface area contributed by atoms with Crippen LogP contribution in [0, 0.1) is 6.92 Å². The lowest BCUT2D eigenvalue weighted by Crippen LogP contribution is -2.50. The number of pyridine rings is 1. The maximum Gasteiger partial charge on any atom is 0.321 e. The van der Waals surface area contributed by atoms with E-state index in [-0.39, 0.29) is 18.5 Å². The van der Waals surface area contributed by atoms with E-state index in [9.17, 15) is 9.59 Å². The molecule has 1 saturated heterocycles. The number of aromatic nitrogens is 1. The first kappa shape index (κ1) is 17.9.